The Hall–Kier alpha value is -3.37. The Bertz CT molecular complexity index is 1540. The summed E-state index contributed by atoms with van der Waals surface area (Å²) in [7, 11) is 1.54. The molecule has 1 unspecified atom stereocenters. The lowest BCUT2D eigenvalue weighted by Gasteiger charge is -2.22. The second-order valence-electron chi connectivity index (χ2n) is 8.18. The van der Waals surface area contributed by atoms with Gasteiger partial charge in [-0.05, 0) is 47.5 Å². The molecule has 1 fully saturated rings. The normalized spacial score (nSPS) is 16.7. The quantitative estimate of drug-likeness (QED) is 0.0843. The van der Waals surface area contributed by atoms with Gasteiger partial charge in [0, 0.05) is 21.4 Å². The van der Waals surface area contributed by atoms with Crippen molar-refractivity contribution in [2.24, 2.45) is 0 Å². The summed E-state index contributed by atoms with van der Waals surface area (Å²) in [6.45, 7) is 0. The van der Waals surface area contributed by atoms with Crippen LogP contribution in [0.3, 0.4) is 0 Å². The summed E-state index contributed by atoms with van der Waals surface area (Å²) in [5.41, 5.74) is 1.89. The number of benzene rings is 3. The monoisotopic (exact) mass is 583 g/mol. The summed E-state index contributed by atoms with van der Waals surface area (Å²) in [5.74, 6) is -0.755. The molecule has 1 saturated heterocycles. The van der Waals surface area contributed by atoms with E-state index in [0.717, 1.165) is 5.56 Å². The highest BCUT2D eigenvalue weighted by Gasteiger charge is 2.48. The lowest BCUT2D eigenvalue weighted by atomic mass is 9.95. The number of aliphatic hydroxyl groups is 1. The molecule has 0 saturated carbocycles. The molecule has 1 aliphatic heterocycles. The third kappa shape index (κ3) is 5.15. The van der Waals surface area contributed by atoms with E-state index in [0.29, 0.717) is 37.0 Å². The van der Waals surface area contributed by atoms with Crippen molar-refractivity contribution in [1.29, 1.82) is 0 Å². The van der Waals surface area contributed by atoms with Crippen molar-refractivity contribution in [3.8, 4) is 5.75 Å². The zero-order chi connectivity index (χ0) is 26.8. The first-order valence-corrected chi connectivity index (χ1v) is 13.8. The molecule has 7 nitrogen and oxygen atoms in total. The van der Waals surface area contributed by atoms with Crippen LogP contribution in [0.2, 0.25) is 10.0 Å². The molecular formula is C27H19Cl2N3O4S2. The Balaban J connectivity index is 1.51. The molecule has 11 heteroatoms. The highest BCUT2D eigenvalue weighted by Crippen LogP contribution is 2.44. The molecule has 1 atom stereocenters. The highest BCUT2D eigenvalue weighted by molar-refractivity contribution is 8.00. The van der Waals surface area contributed by atoms with Crippen LogP contribution in [-0.4, -0.2) is 34.1 Å². The molecule has 0 aliphatic carbocycles. The number of amides is 1. The van der Waals surface area contributed by atoms with E-state index in [4.69, 9.17) is 27.9 Å². The number of hydrogen-bond donors (Lipinski definition) is 1. The summed E-state index contributed by atoms with van der Waals surface area (Å²) in [6, 6.07) is 20.0. The second-order valence-corrected chi connectivity index (χ2v) is 11.2. The lowest BCUT2D eigenvalue weighted by Crippen LogP contribution is -2.29. The Morgan fingerprint density at radius 1 is 1.05 bits per heavy atom. The number of aliphatic hydroxyl groups excluding tert-OH is 1. The minimum atomic E-state index is -0.880. The largest absolute Gasteiger partial charge is 0.507 e. The number of anilines is 1. The second kappa shape index (κ2) is 11.2. The van der Waals surface area contributed by atoms with Gasteiger partial charge >= 0.3 is 5.91 Å². The van der Waals surface area contributed by atoms with Crippen molar-refractivity contribution in [2.45, 2.75) is 16.1 Å². The predicted octanol–water partition coefficient (Wildman–Crippen LogP) is 6.77. The standard InChI is InChI=1S/C27H19Cl2N3O4S2/c1-36-19-11-8-16(9-12-19)23(33)21-22(15-5-3-2-4-6-15)32(25(35)24(21)34)26-30-31-27(38-26)37-14-17-7-10-18(28)13-20(17)29/h2-13,22,33H,14H2,1H3/b23-21-. The number of carbonyl (C=O) groups excluding carboxylic acids is 2. The number of rotatable bonds is 7. The van der Waals surface area contributed by atoms with Gasteiger partial charge in [-0.1, -0.05) is 82.7 Å². The summed E-state index contributed by atoms with van der Waals surface area (Å²) >= 11 is 14.8. The van der Waals surface area contributed by atoms with Crippen molar-refractivity contribution in [1.82, 2.24) is 10.2 Å². The van der Waals surface area contributed by atoms with Gasteiger partial charge in [0.25, 0.3) is 5.78 Å². The summed E-state index contributed by atoms with van der Waals surface area (Å²) < 4.78 is 5.78. The molecule has 2 heterocycles. The highest BCUT2D eigenvalue weighted by atomic mass is 35.5. The van der Waals surface area contributed by atoms with Crippen LogP contribution in [0.25, 0.3) is 5.76 Å². The van der Waals surface area contributed by atoms with Crippen molar-refractivity contribution in [3.63, 3.8) is 0 Å². The van der Waals surface area contributed by atoms with Gasteiger partial charge in [0.1, 0.15) is 11.5 Å². The molecule has 0 radical (unpaired) electrons. The summed E-state index contributed by atoms with van der Waals surface area (Å²) in [6.07, 6.45) is 0. The van der Waals surface area contributed by atoms with Crippen LogP contribution in [0.15, 0.2) is 82.7 Å². The number of aromatic nitrogens is 2. The number of ketones is 1. The van der Waals surface area contributed by atoms with Crippen LogP contribution in [0.5, 0.6) is 5.75 Å². The Morgan fingerprint density at radius 2 is 1.79 bits per heavy atom. The average molecular weight is 585 g/mol. The predicted molar refractivity (Wildman–Crippen MR) is 150 cm³/mol. The van der Waals surface area contributed by atoms with Crippen molar-refractivity contribution in [3.05, 3.63) is 105 Å². The van der Waals surface area contributed by atoms with Gasteiger partial charge in [0.05, 0.1) is 18.7 Å². The first-order valence-electron chi connectivity index (χ1n) is 11.3. The number of nitrogens with zero attached hydrogens (tertiary/aromatic N) is 3. The van der Waals surface area contributed by atoms with Gasteiger partial charge in [0.2, 0.25) is 5.13 Å². The molecular weight excluding hydrogens is 565 g/mol. The Morgan fingerprint density at radius 3 is 2.47 bits per heavy atom. The molecule has 192 valence electrons. The van der Waals surface area contributed by atoms with E-state index in [1.54, 1.807) is 60.7 Å². The molecule has 5 rings (SSSR count). The fourth-order valence-corrected chi connectivity index (χ4v) is 6.45. The van der Waals surface area contributed by atoms with Crippen molar-refractivity contribution >= 4 is 68.9 Å². The smallest absolute Gasteiger partial charge is 0.301 e. The maximum Gasteiger partial charge on any atom is 0.301 e. The number of hydrogen-bond acceptors (Lipinski definition) is 8. The van der Waals surface area contributed by atoms with E-state index < -0.39 is 17.7 Å². The zero-order valence-electron chi connectivity index (χ0n) is 19.8. The van der Waals surface area contributed by atoms with Crippen LogP contribution in [-0.2, 0) is 15.3 Å². The van der Waals surface area contributed by atoms with Gasteiger partial charge in [0.15, 0.2) is 4.34 Å². The van der Waals surface area contributed by atoms with Gasteiger partial charge in [-0.2, -0.15) is 0 Å². The molecule has 0 bridgehead atoms. The zero-order valence-corrected chi connectivity index (χ0v) is 22.9. The van der Waals surface area contributed by atoms with E-state index in [-0.39, 0.29) is 16.5 Å². The minimum Gasteiger partial charge on any atom is -0.507 e. The average Bonchev–Trinajstić information content (AvgIpc) is 3.50. The SMILES string of the molecule is COc1ccc(/C(O)=C2/C(=O)C(=O)N(c3nnc(SCc4ccc(Cl)cc4Cl)s3)C2c2ccccc2)cc1. The summed E-state index contributed by atoms with van der Waals surface area (Å²) in [4.78, 5) is 27.9. The fraction of sp³-hybridized carbons (Fsp3) is 0.111. The van der Waals surface area contributed by atoms with E-state index in [1.165, 1.54) is 35.1 Å². The maximum absolute atomic E-state index is 13.3. The Kier molecular flexibility index (Phi) is 7.71. The van der Waals surface area contributed by atoms with Crippen LogP contribution >= 0.6 is 46.3 Å². The first-order chi connectivity index (χ1) is 18.4. The number of thioether (sulfide) groups is 1. The van der Waals surface area contributed by atoms with Crippen molar-refractivity contribution < 1.29 is 19.4 Å². The number of ether oxygens (including phenoxy) is 1. The van der Waals surface area contributed by atoms with E-state index in [1.807, 2.05) is 12.1 Å². The summed E-state index contributed by atoms with van der Waals surface area (Å²) in [5, 5.41) is 21.0. The van der Waals surface area contributed by atoms with Gasteiger partial charge < -0.3 is 9.84 Å². The molecule has 1 N–H and O–H groups in total. The molecule has 1 aromatic heterocycles. The lowest BCUT2D eigenvalue weighted by molar-refractivity contribution is -0.132. The van der Waals surface area contributed by atoms with Crippen LogP contribution < -0.4 is 9.64 Å². The maximum atomic E-state index is 13.3. The van der Waals surface area contributed by atoms with E-state index >= 15 is 0 Å². The molecule has 1 amide bonds. The molecule has 4 aromatic rings. The van der Waals surface area contributed by atoms with Gasteiger partial charge in [-0.3, -0.25) is 14.5 Å². The number of methoxy groups -OCH3 is 1. The molecule has 0 spiro atoms. The fourth-order valence-electron chi connectivity index (χ4n) is 4.02. The topological polar surface area (TPSA) is 92.6 Å². The first kappa shape index (κ1) is 26.2. The number of carbonyl (C=O) groups is 2. The third-order valence-electron chi connectivity index (χ3n) is 5.89. The molecule has 38 heavy (non-hydrogen) atoms. The van der Waals surface area contributed by atoms with Gasteiger partial charge in [-0.15, -0.1) is 10.2 Å². The van der Waals surface area contributed by atoms with Gasteiger partial charge in [-0.25, -0.2) is 0 Å². The van der Waals surface area contributed by atoms with E-state index in [9.17, 15) is 14.7 Å². The Labute approximate surface area is 236 Å². The number of Topliss-reactive ketones (excluding diaryl/α,β-unsaturated/α-hetero) is 1. The number of halogens is 2. The van der Waals surface area contributed by atoms with Crippen LogP contribution in [0.1, 0.15) is 22.7 Å². The minimum absolute atomic E-state index is 0.0243. The van der Waals surface area contributed by atoms with E-state index in [2.05, 4.69) is 10.2 Å². The third-order valence-corrected chi connectivity index (χ3v) is 8.58. The van der Waals surface area contributed by atoms with Crippen LogP contribution in [0, 0.1) is 0 Å². The molecule has 1 aliphatic rings. The van der Waals surface area contributed by atoms with Crippen LogP contribution in [0.4, 0.5) is 5.13 Å². The molecule has 3 aromatic carbocycles. The van der Waals surface area contributed by atoms with Crippen molar-refractivity contribution in [2.75, 3.05) is 12.0 Å².